The number of hydrogen-bond donors (Lipinski definition) is 1. The van der Waals surface area contributed by atoms with Crippen molar-refractivity contribution < 1.29 is 19.4 Å². The van der Waals surface area contributed by atoms with Gasteiger partial charge in [0.15, 0.2) is 0 Å². The third kappa shape index (κ3) is 44.0. The summed E-state index contributed by atoms with van der Waals surface area (Å²) in [5.41, 5.74) is 0. The maximum Gasteiger partial charge on any atom is 0.306 e. The highest BCUT2D eigenvalue weighted by Gasteiger charge is 2.14. The number of allylic oxidation sites excluding steroid dienone is 10. The molecular weight excluding hydrogens is 665 g/mol. The molecule has 4 nitrogen and oxygen atoms in total. The molecule has 0 aromatic rings. The molecule has 0 aliphatic carbocycles. The van der Waals surface area contributed by atoms with Crippen LogP contribution in [0.1, 0.15) is 239 Å². The molecule has 0 radical (unpaired) electrons. The smallest absolute Gasteiger partial charge is 0.306 e. The van der Waals surface area contributed by atoms with Crippen LogP contribution in [0.25, 0.3) is 0 Å². The number of carbonyl (C=O) groups excluding carboxylic acids is 1. The maximum atomic E-state index is 12.7. The van der Waals surface area contributed by atoms with E-state index in [9.17, 15) is 9.59 Å². The molecule has 0 rings (SSSR count). The van der Waals surface area contributed by atoms with E-state index in [1.165, 1.54) is 116 Å². The number of unbranched alkanes of at least 4 members (excludes halogenated alkanes) is 23. The highest BCUT2D eigenvalue weighted by atomic mass is 16.5. The first-order chi connectivity index (χ1) is 26.6. The molecule has 0 saturated heterocycles. The SMILES string of the molecule is CC/C=C\C/C=C\C/C=C\C/C=C\CCCCCCCCCCCCC(=O)OC(CCC/C=C\CCCCCCCCCC)CCCCCCCC(=O)O. The minimum absolute atomic E-state index is 0.0167. The largest absolute Gasteiger partial charge is 0.481 e. The van der Waals surface area contributed by atoms with Crippen LogP contribution in [0.5, 0.6) is 0 Å². The molecule has 0 bridgehead atoms. The lowest BCUT2D eigenvalue weighted by atomic mass is 10.0. The van der Waals surface area contributed by atoms with Crippen LogP contribution < -0.4 is 0 Å². The van der Waals surface area contributed by atoms with E-state index in [0.29, 0.717) is 6.42 Å². The fourth-order valence-electron chi connectivity index (χ4n) is 6.82. The predicted molar refractivity (Wildman–Crippen MR) is 236 cm³/mol. The van der Waals surface area contributed by atoms with E-state index in [0.717, 1.165) is 96.3 Å². The predicted octanol–water partition coefficient (Wildman–Crippen LogP) is 16.5. The monoisotopic (exact) mass is 753 g/mol. The van der Waals surface area contributed by atoms with E-state index in [1.807, 2.05) is 0 Å². The number of ether oxygens (including phenoxy) is 1. The highest BCUT2D eigenvalue weighted by molar-refractivity contribution is 5.69. The molecule has 1 N–H and O–H groups in total. The summed E-state index contributed by atoms with van der Waals surface area (Å²) in [6, 6.07) is 0. The summed E-state index contributed by atoms with van der Waals surface area (Å²) >= 11 is 0. The van der Waals surface area contributed by atoms with Crippen molar-refractivity contribution in [1.29, 1.82) is 0 Å². The van der Waals surface area contributed by atoms with Crippen molar-refractivity contribution in [2.24, 2.45) is 0 Å². The zero-order valence-electron chi connectivity index (χ0n) is 35.8. The first kappa shape index (κ1) is 51.6. The Kier molecular flexibility index (Phi) is 43.1. The van der Waals surface area contributed by atoms with Gasteiger partial charge >= 0.3 is 11.9 Å². The number of carboxylic acids is 1. The Bertz CT molecular complexity index is 942. The van der Waals surface area contributed by atoms with Crippen LogP contribution >= 0.6 is 0 Å². The summed E-state index contributed by atoms with van der Waals surface area (Å²) in [7, 11) is 0. The second-order valence-corrected chi connectivity index (χ2v) is 15.6. The fourth-order valence-corrected chi connectivity index (χ4v) is 6.82. The summed E-state index contributed by atoms with van der Waals surface area (Å²) in [5, 5.41) is 8.85. The van der Waals surface area contributed by atoms with Crippen LogP contribution in [0.15, 0.2) is 60.8 Å². The maximum absolute atomic E-state index is 12.7. The summed E-state index contributed by atoms with van der Waals surface area (Å²) < 4.78 is 6.01. The summed E-state index contributed by atoms with van der Waals surface area (Å²) in [4.78, 5) is 23.5. The molecule has 0 aliphatic rings. The van der Waals surface area contributed by atoms with Gasteiger partial charge in [-0.2, -0.15) is 0 Å². The van der Waals surface area contributed by atoms with Crippen LogP contribution in [0.3, 0.4) is 0 Å². The van der Waals surface area contributed by atoms with Crippen LogP contribution in [0.2, 0.25) is 0 Å². The Morgan fingerprint density at radius 2 is 0.796 bits per heavy atom. The lowest BCUT2D eigenvalue weighted by Gasteiger charge is -2.18. The lowest BCUT2D eigenvalue weighted by molar-refractivity contribution is -0.150. The summed E-state index contributed by atoms with van der Waals surface area (Å²) in [6.45, 7) is 4.44. The molecule has 0 amide bonds. The van der Waals surface area contributed by atoms with Gasteiger partial charge in [0.25, 0.3) is 0 Å². The molecule has 4 heteroatoms. The first-order valence-corrected chi connectivity index (χ1v) is 23.3. The Morgan fingerprint density at radius 1 is 0.426 bits per heavy atom. The fraction of sp³-hybridized carbons (Fsp3) is 0.760. The van der Waals surface area contributed by atoms with Gasteiger partial charge < -0.3 is 9.84 Å². The van der Waals surface area contributed by atoms with Gasteiger partial charge in [0.1, 0.15) is 6.10 Å². The number of rotatable bonds is 42. The van der Waals surface area contributed by atoms with E-state index >= 15 is 0 Å². The topological polar surface area (TPSA) is 63.6 Å². The molecule has 1 atom stereocenters. The molecule has 0 aromatic heterocycles. The average Bonchev–Trinajstić information content (AvgIpc) is 3.16. The molecule has 312 valence electrons. The van der Waals surface area contributed by atoms with E-state index in [2.05, 4.69) is 74.6 Å². The van der Waals surface area contributed by atoms with E-state index < -0.39 is 5.97 Å². The van der Waals surface area contributed by atoms with Crippen molar-refractivity contribution in [2.45, 2.75) is 245 Å². The van der Waals surface area contributed by atoms with Crippen molar-refractivity contribution >= 4 is 11.9 Å². The highest BCUT2D eigenvalue weighted by Crippen LogP contribution is 2.18. The zero-order valence-corrected chi connectivity index (χ0v) is 35.8. The van der Waals surface area contributed by atoms with Crippen molar-refractivity contribution in [3.8, 4) is 0 Å². The number of hydrogen-bond acceptors (Lipinski definition) is 3. The van der Waals surface area contributed by atoms with Crippen molar-refractivity contribution in [3.05, 3.63) is 60.8 Å². The normalized spacial score (nSPS) is 12.8. The Hall–Kier alpha value is -2.36. The third-order valence-corrected chi connectivity index (χ3v) is 10.2. The Balaban J connectivity index is 3.97. The summed E-state index contributed by atoms with van der Waals surface area (Å²) in [6.07, 6.45) is 62.6. The van der Waals surface area contributed by atoms with E-state index in [1.54, 1.807) is 0 Å². The second-order valence-electron chi connectivity index (χ2n) is 15.6. The minimum Gasteiger partial charge on any atom is -0.481 e. The lowest BCUT2D eigenvalue weighted by Crippen LogP contribution is -2.18. The third-order valence-electron chi connectivity index (χ3n) is 10.2. The zero-order chi connectivity index (χ0) is 39.3. The Morgan fingerprint density at radius 3 is 1.30 bits per heavy atom. The second kappa shape index (κ2) is 45.0. The van der Waals surface area contributed by atoms with Crippen LogP contribution in [0, 0.1) is 0 Å². The molecule has 0 heterocycles. The minimum atomic E-state index is -0.704. The Labute approximate surface area is 335 Å². The number of carbonyl (C=O) groups is 2. The quantitative estimate of drug-likeness (QED) is 0.0383. The molecule has 0 fully saturated rings. The van der Waals surface area contributed by atoms with Gasteiger partial charge in [0.2, 0.25) is 0 Å². The number of carboxylic acid groups (broad SMARTS) is 1. The van der Waals surface area contributed by atoms with Crippen molar-refractivity contribution in [1.82, 2.24) is 0 Å². The van der Waals surface area contributed by atoms with Gasteiger partial charge in [-0.3, -0.25) is 9.59 Å². The molecule has 0 aromatic carbocycles. The van der Waals surface area contributed by atoms with Crippen molar-refractivity contribution in [2.75, 3.05) is 0 Å². The molecular formula is C50H88O4. The van der Waals surface area contributed by atoms with Crippen molar-refractivity contribution in [3.63, 3.8) is 0 Å². The molecule has 1 unspecified atom stereocenters. The standard InChI is InChI=1S/C50H88O4/c1-3-5-7-9-11-13-15-17-18-19-20-21-22-23-24-25-26-28-30-32-34-39-43-47-50(53)54-48(45-41-37-35-38-42-46-49(51)52)44-40-36-33-31-29-27-16-14-12-10-8-6-4-2/h5,7,11,13,17-18,20-21,31,33,48H,3-4,6,8-10,12,14-16,19,22-30,32,34-47H2,1-2H3,(H,51,52)/b7-5-,13-11-,18-17-,21-20-,33-31-. The van der Waals surface area contributed by atoms with Crippen LogP contribution in [-0.2, 0) is 14.3 Å². The first-order valence-electron chi connectivity index (χ1n) is 23.3. The molecule has 0 spiro atoms. The van der Waals surface area contributed by atoms with Gasteiger partial charge in [-0.25, -0.2) is 0 Å². The van der Waals surface area contributed by atoms with Crippen LogP contribution in [0.4, 0.5) is 0 Å². The molecule has 54 heavy (non-hydrogen) atoms. The number of aliphatic carboxylic acids is 1. The van der Waals surface area contributed by atoms with E-state index in [4.69, 9.17) is 9.84 Å². The molecule has 0 saturated carbocycles. The molecule has 0 aliphatic heterocycles. The van der Waals surface area contributed by atoms with E-state index in [-0.39, 0.29) is 18.5 Å². The van der Waals surface area contributed by atoms with Gasteiger partial charge in [-0.15, -0.1) is 0 Å². The van der Waals surface area contributed by atoms with Gasteiger partial charge in [-0.05, 0) is 96.3 Å². The van der Waals surface area contributed by atoms with Crippen LogP contribution in [-0.4, -0.2) is 23.1 Å². The van der Waals surface area contributed by atoms with Gasteiger partial charge in [-0.1, -0.05) is 190 Å². The van der Waals surface area contributed by atoms with Gasteiger partial charge in [0.05, 0.1) is 0 Å². The number of esters is 1. The average molecular weight is 753 g/mol. The van der Waals surface area contributed by atoms with Gasteiger partial charge in [0, 0.05) is 12.8 Å². The summed E-state index contributed by atoms with van der Waals surface area (Å²) in [5.74, 6) is -0.721.